The SMILES string of the molecule is C=C(NCC)Nc1nc(-c2nn(Cc3c(C)cc(CCC)cc3F)c3ccccc23)nc(N)c1C. The number of anilines is 2. The number of fused-ring (bicyclic) bond motifs is 1. The van der Waals surface area contributed by atoms with Crippen molar-refractivity contribution in [2.24, 2.45) is 0 Å². The number of para-hydroxylation sites is 1. The van der Waals surface area contributed by atoms with E-state index in [1.54, 1.807) is 10.7 Å². The Labute approximate surface area is 205 Å². The molecule has 8 heteroatoms. The van der Waals surface area contributed by atoms with Gasteiger partial charge < -0.3 is 16.4 Å². The van der Waals surface area contributed by atoms with Gasteiger partial charge in [0.1, 0.15) is 23.1 Å². The number of halogens is 1. The summed E-state index contributed by atoms with van der Waals surface area (Å²) in [5.74, 6) is 1.72. The molecule has 0 aliphatic rings. The number of nitrogen functional groups attached to an aromatic ring is 1. The number of nitrogens with one attached hydrogen (secondary N) is 2. The normalized spacial score (nSPS) is 11.1. The molecule has 0 aliphatic carbocycles. The Kier molecular flexibility index (Phi) is 7.00. The zero-order chi connectivity index (χ0) is 25.1. The van der Waals surface area contributed by atoms with Gasteiger partial charge in [-0.2, -0.15) is 5.10 Å². The maximum atomic E-state index is 15.1. The molecular formula is C27H32FN7. The Balaban J connectivity index is 1.79. The molecule has 4 N–H and O–H groups in total. The molecule has 7 nitrogen and oxygen atoms in total. The van der Waals surface area contributed by atoms with Crippen molar-refractivity contribution < 1.29 is 4.39 Å². The molecule has 182 valence electrons. The maximum absolute atomic E-state index is 15.1. The van der Waals surface area contributed by atoms with Crippen molar-refractivity contribution in [3.05, 3.63) is 76.9 Å². The maximum Gasteiger partial charge on any atom is 0.184 e. The van der Waals surface area contributed by atoms with E-state index in [4.69, 9.17) is 15.8 Å². The summed E-state index contributed by atoms with van der Waals surface area (Å²) in [6.07, 6.45) is 1.83. The van der Waals surface area contributed by atoms with Crippen molar-refractivity contribution in [2.45, 2.75) is 47.1 Å². The van der Waals surface area contributed by atoms with Gasteiger partial charge in [0.25, 0.3) is 0 Å². The lowest BCUT2D eigenvalue weighted by Gasteiger charge is -2.14. The highest BCUT2D eigenvalue weighted by Gasteiger charge is 2.19. The Morgan fingerprint density at radius 1 is 1.14 bits per heavy atom. The molecule has 4 rings (SSSR count). The number of hydrogen-bond acceptors (Lipinski definition) is 6. The Morgan fingerprint density at radius 3 is 2.63 bits per heavy atom. The van der Waals surface area contributed by atoms with Crippen molar-refractivity contribution >= 4 is 22.5 Å². The van der Waals surface area contributed by atoms with E-state index in [0.29, 0.717) is 41.1 Å². The van der Waals surface area contributed by atoms with Gasteiger partial charge in [-0.1, -0.05) is 44.2 Å². The number of benzene rings is 2. The summed E-state index contributed by atoms with van der Waals surface area (Å²) in [5.41, 5.74) is 11.0. The molecule has 0 bridgehead atoms. The first-order valence-corrected chi connectivity index (χ1v) is 11.9. The number of aryl methyl sites for hydroxylation is 2. The standard InChI is InChI=1S/C27H32FN7/c1-6-10-19-13-16(3)21(22(28)14-19)15-35-23-12-9-8-11-20(23)24(34-35)27-32-25(29)17(4)26(33-27)31-18(5)30-7-2/h8-9,11-14,30H,5-7,10,15H2,1-4H3,(H3,29,31,32,33). The van der Waals surface area contributed by atoms with Gasteiger partial charge in [-0.25, -0.2) is 14.4 Å². The van der Waals surface area contributed by atoms with E-state index in [9.17, 15) is 0 Å². The van der Waals surface area contributed by atoms with Crippen LogP contribution in [0.2, 0.25) is 0 Å². The number of nitrogens with zero attached hydrogens (tertiary/aromatic N) is 4. The molecule has 35 heavy (non-hydrogen) atoms. The molecule has 0 spiro atoms. The first-order chi connectivity index (χ1) is 16.8. The van der Waals surface area contributed by atoms with Crippen LogP contribution in [0.3, 0.4) is 0 Å². The highest BCUT2D eigenvalue weighted by Crippen LogP contribution is 2.30. The molecule has 2 aromatic carbocycles. The summed E-state index contributed by atoms with van der Waals surface area (Å²) in [5, 5.41) is 12.0. The lowest BCUT2D eigenvalue weighted by atomic mass is 10.0. The van der Waals surface area contributed by atoms with Gasteiger partial charge in [0.2, 0.25) is 0 Å². The Bertz CT molecular complexity index is 1370. The molecule has 0 atom stereocenters. The summed E-state index contributed by atoms with van der Waals surface area (Å²) >= 11 is 0. The third-order valence-corrected chi connectivity index (χ3v) is 6.04. The van der Waals surface area contributed by atoms with Crippen LogP contribution >= 0.6 is 0 Å². The van der Waals surface area contributed by atoms with Crippen molar-refractivity contribution in [2.75, 3.05) is 17.6 Å². The average Bonchev–Trinajstić information content (AvgIpc) is 3.18. The fraction of sp³-hybridized carbons (Fsp3) is 0.296. The predicted octanol–water partition coefficient (Wildman–Crippen LogP) is 5.32. The number of aromatic nitrogens is 4. The average molecular weight is 474 g/mol. The van der Waals surface area contributed by atoms with Gasteiger partial charge in [-0.05, 0) is 50.5 Å². The number of hydrogen-bond donors (Lipinski definition) is 3. The van der Waals surface area contributed by atoms with Crippen molar-refractivity contribution in [3.63, 3.8) is 0 Å². The third-order valence-electron chi connectivity index (χ3n) is 6.04. The summed E-state index contributed by atoms with van der Waals surface area (Å²) in [6.45, 7) is 12.9. The van der Waals surface area contributed by atoms with Crippen molar-refractivity contribution in [3.8, 4) is 11.5 Å². The summed E-state index contributed by atoms with van der Waals surface area (Å²) in [6, 6.07) is 11.5. The van der Waals surface area contributed by atoms with E-state index in [1.165, 1.54) is 0 Å². The molecule has 0 amide bonds. The lowest BCUT2D eigenvalue weighted by Crippen LogP contribution is -2.19. The molecule has 0 radical (unpaired) electrons. The Morgan fingerprint density at radius 2 is 1.91 bits per heavy atom. The molecule has 4 aromatic rings. The molecule has 0 unspecified atom stereocenters. The quantitative estimate of drug-likeness (QED) is 0.304. The van der Waals surface area contributed by atoms with E-state index < -0.39 is 0 Å². The predicted molar refractivity (Wildman–Crippen MR) is 141 cm³/mol. The molecule has 0 saturated heterocycles. The van der Waals surface area contributed by atoms with Crippen LogP contribution in [0, 0.1) is 19.7 Å². The van der Waals surface area contributed by atoms with Crippen LogP contribution in [0.15, 0.2) is 48.8 Å². The topological polar surface area (TPSA) is 93.7 Å². The van der Waals surface area contributed by atoms with Gasteiger partial charge in [-0.3, -0.25) is 4.68 Å². The van der Waals surface area contributed by atoms with E-state index >= 15 is 4.39 Å². The monoisotopic (exact) mass is 473 g/mol. The molecule has 0 fully saturated rings. The zero-order valence-corrected chi connectivity index (χ0v) is 20.7. The molecule has 0 aliphatic heterocycles. The molecular weight excluding hydrogens is 441 g/mol. The number of nitrogens with two attached hydrogens (primary N) is 1. The van der Waals surface area contributed by atoms with Gasteiger partial charge in [0.05, 0.1) is 17.9 Å². The highest BCUT2D eigenvalue weighted by molar-refractivity contribution is 5.92. The fourth-order valence-corrected chi connectivity index (χ4v) is 4.20. The van der Waals surface area contributed by atoms with Gasteiger partial charge in [-0.15, -0.1) is 0 Å². The molecule has 2 aromatic heterocycles. The highest BCUT2D eigenvalue weighted by atomic mass is 19.1. The largest absolute Gasteiger partial charge is 0.383 e. The first kappa shape index (κ1) is 24.2. The summed E-state index contributed by atoms with van der Waals surface area (Å²) in [4.78, 5) is 9.23. The van der Waals surface area contributed by atoms with Crippen LogP contribution in [-0.4, -0.2) is 26.3 Å². The lowest BCUT2D eigenvalue weighted by molar-refractivity contribution is 0.585. The van der Waals surface area contributed by atoms with Crippen LogP contribution in [-0.2, 0) is 13.0 Å². The van der Waals surface area contributed by atoms with E-state index in [2.05, 4.69) is 35.2 Å². The third kappa shape index (κ3) is 4.96. The first-order valence-electron chi connectivity index (χ1n) is 11.9. The summed E-state index contributed by atoms with van der Waals surface area (Å²) in [7, 11) is 0. The van der Waals surface area contributed by atoms with Crippen LogP contribution in [0.1, 0.15) is 42.5 Å². The second-order valence-electron chi connectivity index (χ2n) is 8.69. The van der Waals surface area contributed by atoms with Gasteiger partial charge in [0.15, 0.2) is 5.82 Å². The van der Waals surface area contributed by atoms with Crippen LogP contribution in [0.5, 0.6) is 0 Å². The van der Waals surface area contributed by atoms with Crippen LogP contribution in [0.25, 0.3) is 22.4 Å². The van der Waals surface area contributed by atoms with Crippen molar-refractivity contribution in [1.82, 2.24) is 25.1 Å². The fourth-order valence-electron chi connectivity index (χ4n) is 4.20. The van der Waals surface area contributed by atoms with Gasteiger partial charge >= 0.3 is 0 Å². The zero-order valence-electron chi connectivity index (χ0n) is 20.7. The minimum atomic E-state index is -0.209. The minimum Gasteiger partial charge on any atom is -0.383 e. The number of rotatable bonds is 9. The van der Waals surface area contributed by atoms with Gasteiger partial charge in [0, 0.05) is 23.1 Å². The van der Waals surface area contributed by atoms with Crippen molar-refractivity contribution in [1.29, 1.82) is 0 Å². The van der Waals surface area contributed by atoms with Crippen LogP contribution in [0.4, 0.5) is 16.0 Å². The smallest absolute Gasteiger partial charge is 0.184 e. The second-order valence-corrected chi connectivity index (χ2v) is 8.69. The van der Waals surface area contributed by atoms with E-state index in [1.807, 2.05) is 45.0 Å². The second kappa shape index (κ2) is 10.1. The van der Waals surface area contributed by atoms with E-state index in [-0.39, 0.29) is 5.82 Å². The molecule has 2 heterocycles. The van der Waals surface area contributed by atoms with Crippen LogP contribution < -0.4 is 16.4 Å². The summed E-state index contributed by atoms with van der Waals surface area (Å²) < 4.78 is 16.9. The molecule has 0 saturated carbocycles. The van der Waals surface area contributed by atoms with E-state index in [0.717, 1.165) is 47.0 Å². The minimum absolute atomic E-state index is 0.209. The Hall–Kier alpha value is -3.94.